The molecule has 0 saturated carbocycles. The maximum Gasteiger partial charge on any atom is 0.262 e. The fourth-order valence-electron chi connectivity index (χ4n) is 3.77. The highest BCUT2D eigenvalue weighted by Gasteiger charge is 2.17. The van der Waals surface area contributed by atoms with Crippen LogP contribution in [0.3, 0.4) is 0 Å². The van der Waals surface area contributed by atoms with Gasteiger partial charge in [0.25, 0.3) is 11.3 Å². The van der Waals surface area contributed by atoms with Crippen LogP contribution in [0.1, 0.15) is 5.56 Å². The molecule has 3 aromatic heterocycles. The minimum atomic E-state index is -0.197. The van der Waals surface area contributed by atoms with Gasteiger partial charge in [-0.1, -0.05) is 29.8 Å². The number of fused-ring (bicyclic) bond motifs is 2. The van der Waals surface area contributed by atoms with Crippen LogP contribution in [-0.4, -0.2) is 38.4 Å². The molecule has 0 saturated heterocycles. The van der Waals surface area contributed by atoms with E-state index in [1.54, 1.807) is 47.7 Å². The number of hydrogen-bond donors (Lipinski definition) is 0. The summed E-state index contributed by atoms with van der Waals surface area (Å²) in [4.78, 5) is 22.3. The number of halogens is 1. The van der Waals surface area contributed by atoms with Crippen molar-refractivity contribution in [1.29, 1.82) is 0 Å². The molecule has 5 rings (SSSR count). The molecule has 0 amide bonds. The second-order valence-corrected chi connectivity index (χ2v) is 7.58. The number of methoxy groups -OCH3 is 2. The van der Waals surface area contributed by atoms with Crippen molar-refractivity contribution in [3.63, 3.8) is 0 Å². The zero-order valence-electron chi connectivity index (χ0n) is 17.3. The van der Waals surface area contributed by atoms with Gasteiger partial charge >= 0.3 is 0 Å². The van der Waals surface area contributed by atoms with E-state index in [1.165, 1.54) is 6.33 Å². The zero-order chi connectivity index (χ0) is 22.2. The molecule has 0 unspecified atom stereocenters. The summed E-state index contributed by atoms with van der Waals surface area (Å²) in [5.41, 5.74) is 2.58. The van der Waals surface area contributed by atoms with Crippen molar-refractivity contribution in [2.24, 2.45) is 0 Å². The number of ether oxygens (including phenoxy) is 2. The topological polar surface area (TPSA) is 83.5 Å². The molecule has 2 aromatic carbocycles. The number of nitrogens with zero attached hydrogens (tertiary/aromatic N) is 5. The largest absolute Gasteiger partial charge is 0.493 e. The standard InChI is InChI=1S/C23H18ClN5O3/c1-31-18-7-6-14(10-19(18)32-2)12-28-9-8-17-20(22(28)30)21(15-4-3-5-16(24)11-15)29-23(27-17)25-13-26-29/h3-11,13H,12H2,1-2H3. The summed E-state index contributed by atoms with van der Waals surface area (Å²) < 4.78 is 13.9. The Kier molecular flexibility index (Phi) is 4.99. The fourth-order valence-corrected chi connectivity index (χ4v) is 3.96. The van der Waals surface area contributed by atoms with Gasteiger partial charge in [-0.15, -0.1) is 0 Å². The summed E-state index contributed by atoms with van der Waals surface area (Å²) in [5, 5.41) is 5.29. The van der Waals surface area contributed by atoms with E-state index in [9.17, 15) is 4.79 Å². The Morgan fingerprint density at radius 1 is 1.03 bits per heavy atom. The fraction of sp³-hybridized carbons (Fsp3) is 0.130. The normalized spacial score (nSPS) is 11.2. The first kappa shape index (κ1) is 20.0. The highest BCUT2D eigenvalue weighted by molar-refractivity contribution is 6.30. The van der Waals surface area contributed by atoms with Crippen LogP contribution in [0, 0.1) is 0 Å². The van der Waals surface area contributed by atoms with Crippen molar-refractivity contribution in [1.82, 2.24) is 24.1 Å². The molecule has 5 aromatic rings. The maximum absolute atomic E-state index is 13.6. The van der Waals surface area contributed by atoms with E-state index in [1.807, 2.05) is 30.3 Å². The lowest BCUT2D eigenvalue weighted by molar-refractivity contribution is 0.354. The molecule has 0 aliphatic carbocycles. The molecular formula is C23H18ClN5O3. The second-order valence-electron chi connectivity index (χ2n) is 7.14. The van der Waals surface area contributed by atoms with E-state index in [0.29, 0.717) is 45.4 Å². The summed E-state index contributed by atoms with van der Waals surface area (Å²) >= 11 is 6.24. The molecule has 0 aliphatic rings. The van der Waals surface area contributed by atoms with Gasteiger partial charge in [-0.2, -0.15) is 14.6 Å². The smallest absolute Gasteiger partial charge is 0.262 e. The molecule has 0 N–H and O–H groups in total. The van der Waals surface area contributed by atoms with Crippen LogP contribution >= 0.6 is 11.6 Å². The monoisotopic (exact) mass is 447 g/mol. The zero-order valence-corrected chi connectivity index (χ0v) is 18.1. The van der Waals surface area contributed by atoms with Crippen LogP contribution < -0.4 is 15.0 Å². The third kappa shape index (κ3) is 3.34. The highest BCUT2D eigenvalue weighted by Crippen LogP contribution is 2.29. The summed E-state index contributed by atoms with van der Waals surface area (Å²) in [7, 11) is 3.16. The molecule has 0 radical (unpaired) electrons. The molecule has 0 aliphatic heterocycles. The maximum atomic E-state index is 13.6. The molecule has 0 spiro atoms. The van der Waals surface area contributed by atoms with Gasteiger partial charge in [-0.05, 0) is 35.9 Å². The van der Waals surface area contributed by atoms with Crippen molar-refractivity contribution < 1.29 is 9.47 Å². The number of aromatic nitrogens is 5. The minimum absolute atomic E-state index is 0.197. The predicted molar refractivity (Wildman–Crippen MR) is 122 cm³/mol. The molecular weight excluding hydrogens is 430 g/mol. The van der Waals surface area contributed by atoms with E-state index < -0.39 is 0 Å². The Morgan fingerprint density at radius 3 is 2.66 bits per heavy atom. The Labute approximate surface area is 187 Å². The van der Waals surface area contributed by atoms with Gasteiger partial charge in [0.2, 0.25) is 0 Å². The van der Waals surface area contributed by atoms with Crippen molar-refractivity contribution in [3.05, 3.63) is 82.0 Å². The molecule has 160 valence electrons. The molecule has 32 heavy (non-hydrogen) atoms. The van der Waals surface area contributed by atoms with E-state index in [2.05, 4.69) is 15.1 Å². The van der Waals surface area contributed by atoms with Crippen LogP contribution in [-0.2, 0) is 6.54 Å². The van der Waals surface area contributed by atoms with Crippen molar-refractivity contribution in [2.45, 2.75) is 6.54 Å². The number of benzene rings is 2. The molecule has 0 fully saturated rings. The average Bonchev–Trinajstić information content (AvgIpc) is 3.27. The van der Waals surface area contributed by atoms with Gasteiger partial charge in [0, 0.05) is 16.8 Å². The van der Waals surface area contributed by atoms with Gasteiger partial charge in [-0.3, -0.25) is 4.79 Å². The third-order valence-electron chi connectivity index (χ3n) is 5.24. The van der Waals surface area contributed by atoms with Gasteiger partial charge in [0.15, 0.2) is 11.5 Å². The Morgan fingerprint density at radius 2 is 1.88 bits per heavy atom. The quantitative estimate of drug-likeness (QED) is 0.407. The number of pyridine rings is 1. The van der Waals surface area contributed by atoms with Gasteiger partial charge in [0.05, 0.1) is 37.4 Å². The molecule has 0 atom stereocenters. The first-order chi connectivity index (χ1) is 15.6. The summed E-state index contributed by atoms with van der Waals surface area (Å²) in [6.07, 6.45) is 3.14. The summed E-state index contributed by atoms with van der Waals surface area (Å²) in [6, 6.07) is 14.7. The second kappa shape index (κ2) is 7.97. The van der Waals surface area contributed by atoms with Gasteiger partial charge in [0.1, 0.15) is 6.33 Å². The number of hydrogen-bond acceptors (Lipinski definition) is 6. The van der Waals surface area contributed by atoms with Crippen molar-refractivity contribution in [3.8, 4) is 22.8 Å². The lowest BCUT2D eigenvalue weighted by Crippen LogP contribution is -2.22. The minimum Gasteiger partial charge on any atom is -0.493 e. The van der Waals surface area contributed by atoms with Crippen molar-refractivity contribution in [2.75, 3.05) is 14.2 Å². The number of rotatable bonds is 5. The van der Waals surface area contributed by atoms with Crippen molar-refractivity contribution >= 4 is 28.3 Å². The summed E-state index contributed by atoms with van der Waals surface area (Å²) in [6.45, 7) is 0.347. The van der Waals surface area contributed by atoms with E-state index >= 15 is 0 Å². The van der Waals surface area contributed by atoms with E-state index in [0.717, 1.165) is 11.1 Å². The van der Waals surface area contributed by atoms with Crippen LogP contribution in [0.4, 0.5) is 0 Å². The van der Waals surface area contributed by atoms with E-state index in [-0.39, 0.29) is 5.56 Å². The SMILES string of the molecule is COc1ccc(Cn2ccc3nc4ncnn4c(-c4cccc(Cl)c4)c3c2=O)cc1OC. The molecule has 9 heteroatoms. The van der Waals surface area contributed by atoms with Crippen LogP contribution in [0.5, 0.6) is 11.5 Å². The Balaban J connectivity index is 1.72. The predicted octanol–water partition coefficient (Wildman–Crippen LogP) is 3.83. The molecule has 8 nitrogen and oxygen atoms in total. The Bertz CT molecular complexity index is 1530. The first-order valence-corrected chi connectivity index (χ1v) is 10.2. The Hall–Kier alpha value is -3.91. The molecule has 3 heterocycles. The first-order valence-electron chi connectivity index (χ1n) is 9.79. The van der Waals surface area contributed by atoms with E-state index in [4.69, 9.17) is 21.1 Å². The van der Waals surface area contributed by atoms with Gasteiger partial charge < -0.3 is 14.0 Å². The van der Waals surface area contributed by atoms with Crippen LogP contribution in [0.2, 0.25) is 5.02 Å². The molecule has 0 bridgehead atoms. The third-order valence-corrected chi connectivity index (χ3v) is 5.48. The lowest BCUT2D eigenvalue weighted by atomic mass is 10.1. The van der Waals surface area contributed by atoms with Crippen LogP contribution in [0.25, 0.3) is 27.9 Å². The lowest BCUT2D eigenvalue weighted by Gasteiger charge is -2.13. The van der Waals surface area contributed by atoms with Gasteiger partial charge in [-0.25, -0.2) is 4.98 Å². The average molecular weight is 448 g/mol. The van der Waals surface area contributed by atoms with Crippen LogP contribution in [0.15, 0.2) is 65.8 Å². The highest BCUT2D eigenvalue weighted by atomic mass is 35.5. The summed E-state index contributed by atoms with van der Waals surface area (Å²) in [5.74, 6) is 1.64.